The van der Waals surface area contributed by atoms with Crippen LogP contribution in [-0.2, 0) is 11.3 Å². The van der Waals surface area contributed by atoms with E-state index in [9.17, 15) is 4.79 Å². The van der Waals surface area contributed by atoms with Gasteiger partial charge in [0.15, 0.2) is 0 Å². The van der Waals surface area contributed by atoms with Gasteiger partial charge in [0.25, 0.3) is 0 Å². The molecule has 3 N–H and O–H groups in total. The smallest absolute Gasteiger partial charge is 0.234 e. The minimum atomic E-state index is -0.173. The molecule has 5 heteroatoms. The molecule has 2 aromatic heterocycles. The molecule has 0 atom stereocenters. The molecule has 2 rings (SSSR count). The van der Waals surface area contributed by atoms with Gasteiger partial charge >= 0.3 is 0 Å². The summed E-state index contributed by atoms with van der Waals surface area (Å²) in [5.74, 6) is -0.173. The Kier molecular flexibility index (Phi) is 2.87. The first-order valence-corrected chi connectivity index (χ1v) is 5.10. The van der Waals surface area contributed by atoms with Crippen LogP contribution in [0.5, 0.6) is 0 Å². The number of carbonyl (C=O) groups excluding carboxylic acids is 1. The van der Waals surface area contributed by atoms with Gasteiger partial charge in [-0.3, -0.25) is 4.79 Å². The zero-order chi connectivity index (χ0) is 11.5. The lowest BCUT2D eigenvalue weighted by molar-refractivity contribution is -0.119. The summed E-state index contributed by atoms with van der Waals surface area (Å²) in [4.78, 5) is 15.4. The Morgan fingerprint density at radius 3 is 3.06 bits per heavy atom. The van der Waals surface area contributed by atoms with E-state index in [4.69, 9.17) is 5.73 Å². The fourth-order valence-corrected chi connectivity index (χ4v) is 1.50. The average molecular weight is 218 g/mol. The molecule has 84 valence electrons. The maximum atomic E-state index is 11.0. The van der Waals surface area contributed by atoms with Crippen molar-refractivity contribution in [2.75, 3.05) is 6.54 Å². The van der Waals surface area contributed by atoms with Gasteiger partial charge in [-0.15, -0.1) is 0 Å². The number of rotatable bonds is 3. The summed E-state index contributed by atoms with van der Waals surface area (Å²) in [6, 6.07) is 3.95. The van der Waals surface area contributed by atoms with Gasteiger partial charge in [0.05, 0.1) is 18.8 Å². The van der Waals surface area contributed by atoms with Gasteiger partial charge in [-0.05, 0) is 18.6 Å². The van der Waals surface area contributed by atoms with Gasteiger partial charge in [-0.2, -0.15) is 0 Å². The van der Waals surface area contributed by atoms with Crippen molar-refractivity contribution in [2.45, 2.75) is 13.5 Å². The van der Waals surface area contributed by atoms with Crippen LogP contribution in [0.15, 0.2) is 24.5 Å². The Morgan fingerprint density at radius 2 is 2.31 bits per heavy atom. The van der Waals surface area contributed by atoms with Crippen LogP contribution < -0.4 is 11.1 Å². The molecule has 0 saturated heterocycles. The maximum absolute atomic E-state index is 11.0. The van der Waals surface area contributed by atoms with Crippen molar-refractivity contribution in [3.63, 3.8) is 0 Å². The lowest BCUT2D eigenvalue weighted by atomic mass is 10.3. The molecule has 2 heterocycles. The van der Waals surface area contributed by atoms with Gasteiger partial charge in [0.1, 0.15) is 5.65 Å². The van der Waals surface area contributed by atoms with E-state index >= 15 is 0 Å². The first-order valence-electron chi connectivity index (χ1n) is 5.10. The van der Waals surface area contributed by atoms with Crippen molar-refractivity contribution in [1.29, 1.82) is 0 Å². The SMILES string of the molecule is Cc1ccc2nc(CNC(=O)CN)cn2c1. The highest BCUT2D eigenvalue weighted by Crippen LogP contribution is 2.06. The second kappa shape index (κ2) is 4.32. The Morgan fingerprint density at radius 1 is 1.50 bits per heavy atom. The largest absolute Gasteiger partial charge is 0.349 e. The van der Waals surface area contributed by atoms with Crippen LogP contribution in [0, 0.1) is 6.92 Å². The maximum Gasteiger partial charge on any atom is 0.234 e. The van der Waals surface area contributed by atoms with Crippen molar-refractivity contribution in [3.8, 4) is 0 Å². The van der Waals surface area contributed by atoms with Gasteiger partial charge in [-0.1, -0.05) is 6.07 Å². The molecule has 0 saturated carbocycles. The molecule has 0 spiro atoms. The van der Waals surface area contributed by atoms with E-state index in [1.165, 1.54) is 5.56 Å². The molecule has 2 aromatic rings. The summed E-state index contributed by atoms with van der Waals surface area (Å²) < 4.78 is 1.94. The van der Waals surface area contributed by atoms with Crippen LogP contribution in [-0.4, -0.2) is 21.8 Å². The highest BCUT2D eigenvalue weighted by Gasteiger charge is 2.03. The number of hydrogen-bond acceptors (Lipinski definition) is 3. The monoisotopic (exact) mass is 218 g/mol. The number of nitrogens with one attached hydrogen (secondary N) is 1. The van der Waals surface area contributed by atoms with E-state index < -0.39 is 0 Å². The highest BCUT2D eigenvalue weighted by molar-refractivity contribution is 5.77. The van der Waals surface area contributed by atoms with E-state index in [1.807, 2.05) is 35.9 Å². The lowest BCUT2D eigenvalue weighted by Gasteiger charge is -1.98. The van der Waals surface area contributed by atoms with Crippen molar-refractivity contribution >= 4 is 11.6 Å². The second-order valence-electron chi connectivity index (χ2n) is 3.69. The van der Waals surface area contributed by atoms with Crippen LogP contribution in [0.4, 0.5) is 0 Å². The molecule has 5 nitrogen and oxygen atoms in total. The third-order valence-electron chi connectivity index (χ3n) is 2.30. The first-order chi connectivity index (χ1) is 7.69. The highest BCUT2D eigenvalue weighted by atomic mass is 16.1. The summed E-state index contributed by atoms with van der Waals surface area (Å²) in [6.07, 6.45) is 3.90. The van der Waals surface area contributed by atoms with Gasteiger partial charge in [0.2, 0.25) is 5.91 Å². The van der Waals surface area contributed by atoms with Crippen LogP contribution in [0.1, 0.15) is 11.3 Å². The van der Waals surface area contributed by atoms with Crippen molar-refractivity contribution in [1.82, 2.24) is 14.7 Å². The van der Waals surface area contributed by atoms with Crippen molar-refractivity contribution in [3.05, 3.63) is 35.8 Å². The standard InChI is InChI=1S/C11H14N4O/c1-8-2-3-10-14-9(7-15(10)6-8)5-13-11(16)4-12/h2-3,6-7H,4-5,12H2,1H3,(H,13,16). The molecule has 0 aliphatic carbocycles. The van der Waals surface area contributed by atoms with Crippen LogP contribution >= 0.6 is 0 Å². The number of hydrogen-bond donors (Lipinski definition) is 2. The van der Waals surface area contributed by atoms with Gasteiger partial charge in [0, 0.05) is 12.4 Å². The van der Waals surface area contributed by atoms with Gasteiger partial charge in [-0.25, -0.2) is 4.98 Å². The number of pyridine rings is 1. The number of nitrogens with zero attached hydrogens (tertiary/aromatic N) is 2. The molecule has 0 aliphatic heterocycles. The molecule has 0 unspecified atom stereocenters. The predicted molar refractivity (Wildman–Crippen MR) is 60.8 cm³/mol. The summed E-state index contributed by atoms with van der Waals surface area (Å²) in [5, 5.41) is 2.68. The number of amides is 1. The fourth-order valence-electron chi connectivity index (χ4n) is 1.50. The van der Waals surface area contributed by atoms with Crippen LogP contribution in [0.2, 0.25) is 0 Å². The number of aryl methyl sites for hydroxylation is 1. The lowest BCUT2D eigenvalue weighted by Crippen LogP contribution is -2.29. The minimum Gasteiger partial charge on any atom is -0.349 e. The summed E-state index contributed by atoms with van der Waals surface area (Å²) in [6.45, 7) is 2.44. The van der Waals surface area contributed by atoms with Crippen LogP contribution in [0.25, 0.3) is 5.65 Å². The number of imidazole rings is 1. The Bertz CT molecular complexity index is 518. The van der Waals surface area contributed by atoms with E-state index in [1.54, 1.807) is 0 Å². The van der Waals surface area contributed by atoms with E-state index in [-0.39, 0.29) is 12.5 Å². The van der Waals surface area contributed by atoms with E-state index in [2.05, 4.69) is 10.3 Å². The minimum absolute atomic E-state index is 0.00643. The third-order valence-corrected chi connectivity index (χ3v) is 2.30. The number of fused-ring (bicyclic) bond motifs is 1. The summed E-state index contributed by atoms with van der Waals surface area (Å²) in [7, 11) is 0. The second-order valence-corrected chi connectivity index (χ2v) is 3.69. The number of carbonyl (C=O) groups is 1. The Balaban J connectivity index is 2.16. The normalized spacial score (nSPS) is 10.6. The summed E-state index contributed by atoms with van der Waals surface area (Å²) >= 11 is 0. The number of nitrogens with two attached hydrogens (primary N) is 1. The molecular weight excluding hydrogens is 204 g/mol. The van der Waals surface area contributed by atoms with Crippen molar-refractivity contribution < 1.29 is 4.79 Å². The average Bonchev–Trinajstić information content (AvgIpc) is 2.67. The fraction of sp³-hybridized carbons (Fsp3) is 0.273. The van der Waals surface area contributed by atoms with E-state index in [0.29, 0.717) is 6.54 Å². The van der Waals surface area contributed by atoms with Crippen molar-refractivity contribution in [2.24, 2.45) is 5.73 Å². The molecule has 0 aliphatic rings. The van der Waals surface area contributed by atoms with E-state index in [0.717, 1.165) is 11.3 Å². The quantitative estimate of drug-likeness (QED) is 0.774. The molecule has 0 fully saturated rings. The Hall–Kier alpha value is -1.88. The molecule has 1 amide bonds. The predicted octanol–water partition coefficient (Wildman–Crippen LogP) is 0.218. The Labute approximate surface area is 93.3 Å². The zero-order valence-corrected chi connectivity index (χ0v) is 9.10. The molecule has 0 radical (unpaired) electrons. The zero-order valence-electron chi connectivity index (χ0n) is 9.10. The first kappa shape index (κ1) is 10.6. The molecule has 0 bridgehead atoms. The van der Waals surface area contributed by atoms with Crippen LogP contribution in [0.3, 0.4) is 0 Å². The molecule has 16 heavy (non-hydrogen) atoms. The topological polar surface area (TPSA) is 72.4 Å². The molecule has 0 aromatic carbocycles. The van der Waals surface area contributed by atoms with Gasteiger partial charge < -0.3 is 15.5 Å². The summed E-state index contributed by atoms with van der Waals surface area (Å²) in [5.41, 5.74) is 8.07. The number of aromatic nitrogens is 2. The molecular formula is C11H14N4O. The third kappa shape index (κ3) is 2.20.